The number of aliphatic carboxylic acids is 2. The largest absolute Gasteiger partial charge is 0.478 e. The number of likely N-dealkylation sites (tertiary alicyclic amines) is 2. The number of fused-ring (bicyclic) bond motifs is 1. The zero-order valence-corrected chi connectivity index (χ0v) is 20.0. The van der Waals surface area contributed by atoms with Crippen molar-refractivity contribution in [1.29, 1.82) is 0 Å². The predicted octanol–water partition coefficient (Wildman–Crippen LogP) is 0.600. The third-order valence-corrected chi connectivity index (χ3v) is 5.42. The highest BCUT2D eigenvalue weighted by Gasteiger charge is 2.42. The molecule has 1 unspecified atom stereocenters. The van der Waals surface area contributed by atoms with Crippen molar-refractivity contribution in [3.05, 3.63) is 47.3 Å². The third kappa shape index (κ3) is 9.66. The average molecular weight is 517 g/mol. The summed E-state index contributed by atoms with van der Waals surface area (Å²) in [6, 6.07) is 0.566. The Balaban J connectivity index is 0.000000498. The minimum atomic E-state index is -1.26. The summed E-state index contributed by atoms with van der Waals surface area (Å²) in [5, 5.41) is 18.4. The number of carboxylic acids is 2. The smallest absolute Gasteiger partial charge is 0.328 e. The van der Waals surface area contributed by atoms with Gasteiger partial charge in [0.05, 0.1) is 6.04 Å². The van der Waals surface area contributed by atoms with E-state index >= 15 is 0 Å². The number of nitrogens with zero attached hydrogens (tertiary/aromatic N) is 2. The number of carboxylic acid groups (broad SMARTS) is 2. The van der Waals surface area contributed by atoms with E-state index in [-0.39, 0.29) is 36.3 Å². The van der Waals surface area contributed by atoms with E-state index < -0.39 is 35.4 Å². The molecule has 2 heterocycles. The highest BCUT2D eigenvalue weighted by molar-refractivity contribution is 5.89. The molecule has 200 valence electrons. The third-order valence-electron chi connectivity index (χ3n) is 5.42. The first kappa shape index (κ1) is 30.6. The van der Waals surface area contributed by atoms with Crippen LogP contribution in [0.1, 0.15) is 18.4 Å². The van der Waals surface area contributed by atoms with E-state index in [9.17, 15) is 32.3 Å². The lowest BCUT2D eigenvalue weighted by atomic mass is 10.0. The van der Waals surface area contributed by atoms with Crippen LogP contribution in [0.25, 0.3) is 0 Å². The molecule has 2 fully saturated rings. The zero-order valence-electron chi connectivity index (χ0n) is 20.0. The fourth-order valence-corrected chi connectivity index (χ4v) is 3.95. The van der Waals surface area contributed by atoms with Crippen LogP contribution in [0.5, 0.6) is 0 Å². The molecule has 2 saturated heterocycles. The number of carbonyl (C=O) groups excluding carboxylic acids is 2. The summed E-state index contributed by atoms with van der Waals surface area (Å²) in [6.45, 7) is 1.80. The fourth-order valence-electron chi connectivity index (χ4n) is 3.95. The molecular weight excluding hydrogens is 485 g/mol. The van der Waals surface area contributed by atoms with E-state index in [2.05, 4.69) is 5.32 Å². The van der Waals surface area contributed by atoms with Gasteiger partial charge in [0.1, 0.15) is 5.82 Å². The second kappa shape index (κ2) is 14.8. The molecule has 1 aromatic carbocycles. The lowest BCUT2D eigenvalue weighted by molar-refractivity contribution is -0.134. The van der Waals surface area contributed by atoms with Crippen LogP contribution in [0.4, 0.5) is 13.2 Å². The van der Waals surface area contributed by atoms with E-state index in [0.29, 0.717) is 37.9 Å². The second-order valence-corrected chi connectivity index (χ2v) is 8.30. The highest BCUT2D eigenvalue weighted by Crippen LogP contribution is 2.31. The van der Waals surface area contributed by atoms with Gasteiger partial charge in [-0.05, 0) is 38.6 Å². The molecule has 10 nitrogen and oxygen atoms in total. The minimum Gasteiger partial charge on any atom is -0.478 e. The van der Waals surface area contributed by atoms with Crippen LogP contribution in [-0.2, 0) is 25.6 Å². The lowest BCUT2D eigenvalue weighted by Crippen LogP contribution is -2.42. The normalized spacial score (nSPS) is 19.1. The molecule has 0 bridgehead atoms. The van der Waals surface area contributed by atoms with Crippen LogP contribution >= 0.6 is 0 Å². The van der Waals surface area contributed by atoms with E-state index in [0.717, 1.165) is 18.9 Å². The van der Waals surface area contributed by atoms with Crippen LogP contribution in [0.2, 0.25) is 0 Å². The summed E-state index contributed by atoms with van der Waals surface area (Å²) < 4.78 is 39.9. The van der Waals surface area contributed by atoms with Crippen molar-refractivity contribution in [1.82, 2.24) is 15.1 Å². The number of hydrogen-bond donors (Lipinski definition) is 4. The van der Waals surface area contributed by atoms with Gasteiger partial charge in [0.15, 0.2) is 11.6 Å². The molecule has 5 N–H and O–H groups in total. The molecule has 2 aliphatic rings. The van der Waals surface area contributed by atoms with Crippen molar-refractivity contribution in [2.45, 2.75) is 31.3 Å². The number of halogens is 3. The van der Waals surface area contributed by atoms with E-state index in [1.54, 1.807) is 9.80 Å². The molecule has 36 heavy (non-hydrogen) atoms. The Labute approximate surface area is 206 Å². The monoisotopic (exact) mass is 516 g/mol. The van der Waals surface area contributed by atoms with Gasteiger partial charge >= 0.3 is 11.9 Å². The Hall–Kier alpha value is -3.45. The number of carbonyl (C=O) groups is 4. The van der Waals surface area contributed by atoms with Crippen LogP contribution in [0, 0.1) is 23.4 Å². The van der Waals surface area contributed by atoms with Crippen molar-refractivity contribution in [3.8, 4) is 0 Å². The van der Waals surface area contributed by atoms with Gasteiger partial charge in [-0.15, -0.1) is 0 Å². The summed E-state index contributed by atoms with van der Waals surface area (Å²) in [4.78, 5) is 45.9. The van der Waals surface area contributed by atoms with E-state index in [1.807, 2.05) is 14.1 Å². The van der Waals surface area contributed by atoms with Crippen LogP contribution < -0.4 is 11.1 Å². The van der Waals surface area contributed by atoms with Gasteiger partial charge in [-0.25, -0.2) is 22.8 Å². The summed E-state index contributed by atoms with van der Waals surface area (Å²) in [5.41, 5.74) is 5.88. The molecule has 2 aliphatic heterocycles. The molecule has 13 heteroatoms. The molecule has 1 aromatic rings. The SMILES string of the molecule is CNC.NC(CC(=O)N1CC[C@H]2CN(C=O)C[C@H]21)Cc1cc(F)c(F)cc1F.O=C(O)C=CC(=O)O. The van der Waals surface area contributed by atoms with Gasteiger partial charge in [-0.3, -0.25) is 9.59 Å². The molecule has 3 atom stereocenters. The van der Waals surface area contributed by atoms with E-state index in [4.69, 9.17) is 15.9 Å². The first-order chi connectivity index (χ1) is 16.9. The zero-order chi connectivity index (χ0) is 27.4. The quantitative estimate of drug-likeness (QED) is 0.234. The maximum absolute atomic E-state index is 13.7. The Morgan fingerprint density at radius 3 is 2.17 bits per heavy atom. The maximum Gasteiger partial charge on any atom is 0.328 e. The fraction of sp³-hybridized carbons (Fsp3) is 0.478. The lowest BCUT2D eigenvalue weighted by Gasteiger charge is -2.25. The summed E-state index contributed by atoms with van der Waals surface area (Å²) in [5.74, 6) is -5.66. The van der Waals surface area contributed by atoms with Crippen molar-refractivity contribution in [2.24, 2.45) is 11.7 Å². The van der Waals surface area contributed by atoms with Gasteiger partial charge < -0.3 is 31.1 Å². The van der Waals surface area contributed by atoms with Crippen molar-refractivity contribution in [3.63, 3.8) is 0 Å². The van der Waals surface area contributed by atoms with Crippen molar-refractivity contribution in [2.75, 3.05) is 33.7 Å². The number of nitrogens with two attached hydrogens (primary N) is 1. The molecule has 0 aromatic heterocycles. The van der Waals surface area contributed by atoms with Gasteiger partial charge in [0.25, 0.3) is 0 Å². The molecule has 0 saturated carbocycles. The van der Waals surface area contributed by atoms with Crippen LogP contribution in [0.15, 0.2) is 24.3 Å². The standard InChI is InChI=1S/C17H20F3N3O2.C4H4O4.C2H7N/c18-13-6-15(20)14(19)4-11(13)3-12(21)5-17(25)23-2-1-10-7-22(9-24)8-16(10)23;5-3(6)1-2-4(7)8;1-3-2/h4,6,9-10,12,16H,1-3,5,7-8,21H2;1-2H,(H,5,6)(H,7,8);3H,1-2H3/t10-,12?,16+;;/m0../s1. The van der Waals surface area contributed by atoms with Crippen LogP contribution in [-0.4, -0.2) is 90.1 Å². The number of nitrogens with one attached hydrogen (secondary N) is 1. The Morgan fingerprint density at radius 2 is 1.64 bits per heavy atom. The summed E-state index contributed by atoms with van der Waals surface area (Å²) >= 11 is 0. The second-order valence-electron chi connectivity index (χ2n) is 8.30. The first-order valence-electron chi connectivity index (χ1n) is 11.0. The highest BCUT2D eigenvalue weighted by atomic mass is 19.2. The number of hydrogen-bond acceptors (Lipinski definition) is 6. The average Bonchev–Trinajstić information content (AvgIpc) is 3.37. The molecule has 0 spiro atoms. The van der Waals surface area contributed by atoms with E-state index in [1.165, 1.54) is 0 Å². The molecule has 3 rings (SSSR count). The van der Waals surface area contributed by atoms with Gasteiger partial charge in [0.2, 0.25) is 12.3 Å². The summed E-state index contributed by atoms with van der Waals surface area (Å²) in [6.07, 6.45) is 2.68. The Morgan fingerprint density at radius 1 is 1.08 bits per heavy atom. The molecular formula is C23H31F3N4O6. The molecule has 0 aliphatic carbocycles. The minimum absolute atomic E-state index is 0.00454. The Bertz CT molecular complexity index is 946. The molecule has 2 amide bonds. The van der Waals surface area contributed by atoms with Gasteiger partial charge in [-0.2, -0.15) is 0 Å². The van der Waals surface area contributed by atoms with Crippen molar-refractivity contribution < 1.29 is 42.6 Å². The van der Waals surface area contributed by atoms with Crippen LogP contribution in [0.3, 0.4) is 0 Å². The van der Waals surface area contributed by atoms with Crippen molar-refractivity contribution >= 4 is 24.3 Å². The number of amides is 2. The topological polar surface area (TPSA) is 153 Å². The Kier molecular flexibility index (Phi) is 12.6. The van der Waals surface area contributed by atoms with Gasteiger partial charge in [-0.1, -0.05) is 0 Å². The number of benzene rings is 1. The van der Waals surface area contributed by atoms with Gasteiger partial charge in [0, 0.05) is 56.2 Å². The molecule has 0 radical (unpaired) electrons. The number of rotatable bonds is 7. The predicted molar refractivity (Wildman–Crippen MR) is 123 cm³/mol. The first-order valence-corrected chi connectivity index (χ1v) is 11.0. The maximum atomic E-state index is 13.7. The summed E-state index contributed by atoms with van der Waals surface area (Å²) in [7, 11) is 3.75.